The molecular weight excluding hydrogens is 505 g/mol. The molecule has 5 rings (SSSR count). The van der Waals surface area contributed by atoms with E-state index < -0.39 is 17.6 Å². The molecule has 0 aliphatic rings. The van der Waals surface area contributed by atoms with Crippen LogP contribution in [0.15, 0.2) is 67.4 Å². The van der Waals surface area contributed by atoms with Gasteiger partial charge in [-0.1, -0.05) is 17.9 Å². The van der Waals surface area contributed by atoms with Crippen molar-refractivity contribution in [1.29, 1.82) is 0 Å². The number of amides is 1. The lowest BCUT2D eigenvalue weighted by Gasteiger charge is -2.14. The molecule has 0 aliphatic carbocycles. The first-order chi connectivity index (χ1) is 18.5. The topological polar surface area (TPSA) is 90.8 Å². The molecule has 0 fully saturated rings. The third-order valence-electron chi connectivity index (χ3n) is 6.26. The molecule has 0 bridgehead atoms. The van der Waals surface area contributed by atoms with Gasteiger partial charge in [-0.3, -0.25) is 4.79 Å². The lowest BCUT2D eigenvalue weighted by atomic mass is 10.0. The van der Waals surface area contributed by atoms with Gasteiger partial charge in [-0.05, 0) is 61.4 Å². The summed E-state index contributed by atoms with van der Waals surface area (Å²) < 4.78 is 44.2. The Labute approximate surface area is 222 Å². The standard InChI is InChI=1S/C29H23F3N6O/c1-17-8-9-38(14-17)24-12-22(29(30,31)32)11-23(13-24)36-28(39)20-5-4-18(2)19(10-20)6-7-21-15-37(3)27-25(21)26(33)34-16-35-27/h4-5,8-16H,1-3H3,(H,36,39)(H2,33,34,35). The minimum atomic E-state index is -4.58. The van der Waals surface area contributed by atoms with Crippen LogP contribution in [-0.4, -0.2) is 25.0 Å². The summed E-state index contributed by atoms with van der Waals surface area (Å²) >= 11 is 0. The number of anilines is 2. The van der Waals surface area contributed by atoms with Crippen molar-refractivity contribution in [3.05, 3.63) is 101 Å². The Morgan fingerprint density at radius 1 is 1.00 bits per heavy atom. The highest BCUT2D eigenvalue weighted by Crippen LogP contribution is 2.33. The third-order valence-corrected chi connectivity index (χ3v) is 6.26. The highest BCUT2D eigenvalue weighted by Gasteiger charge is 2.31. The van der Waals surface area contributed by atoms with Gasteiger partial charge in [-0.25, -0.2) is 9.97 Å². The molecule has 0 radical (unpaired) electrons. The van der Waals surface area contributed by atoms with E-state index in [0.29, 0.717) is 28.0 Å². The summed E-state index contributed by atoms with van der Waals surface area (Å²) in [5, 5.41) is 3.24. The number of nitrogens with two attached hydrogens (primary N) is 1. The maximum absolute atomic E-state index is 13.6. The molecule has 5 aromatic rings. The predicted molar refractivity (Wildman–Crippen MR) is 144 cm³/mol. The van der Waals surface area contributed by atoms with Crippen LogP contribution < -0.4 is 11.1 Å². The normalized spacial score (nSPS) is 11.3. The Hall–Kier alpha value is -5.04. The third kappa shape index (κ3) is 5.20. The maximum atomic E-state index is 13.6. The zero-order chi connectivity index (χ0) is 27.9. The van der Waals surface area contributed by atoms with E-state index >= 15 is 0 Å². The number of benzene rings is 2. The van der Waals surface area contributed by atoms with Crippen LogP contribution in [0, 0.1) is 25.7 Å². The van der Waals surface area contributed by atoms with Crippen molar-refractivity contribution >= 4 is 28.4 Å². The molecule has 39 heavy (non-hydrogen) atoms. The molecule has 2 aromatic carbocycles. The fourth-order valence-corrected chi connectivity index (χ4v) is 4.23. The molecule has 10 heteroatoms. The second-order valence-corrected chi connectivity index (χ2v) is 9.21. The number of nitrogens with one attached hydrogen (secondary N) is 1. The summed E-state index contributed by atoms with van der Waals surface area (Å²) in [6.07, 6.45) is 1.97. The quantitative estimate of drug-likeness (QED) is 0.297. The summed E-state index contributed by atoms with van der Waals surface area (Å²) in [5.74, 6) is 5.91. The summed E-state index contributed by atoms with van der Waals surface area (Å²) in [6, 6.07) is 10.2. The number of hydrogen-bond acceptors (Lipinski definition) is 4. The number of nitrogen functional groups attached to an aromatic ring is 1. The molecule has 0 saturated carbocycles. The van der Waals surface area contributed by atoms with Gasteiger partial charge in [-0.15, -0.1) is 0 Å². The molecule has 196 valence electrons. The van der Waals surface area contributed by atoms with E-state index in [1.54, 1.807) is 52.0 Å². The Morgan fingerprint density at radius 3 is 2.49 bits per heavy atom. The molecule has 0 aliphatic heterocycles. The van der Waals surface area contributed by atoms with Gasteiger partial charge in [0.1, 0.15) is 17.8 Å². The molecule has 0 atom stereocenters. The number of fused-ring (bicyclic) bond motifs is 1. The molecule has 7 nitrogen and oxygen atoms in total. The van der Waals surface area contributed by atoms with Crippen LogP contribution in [0.5, 0.6) is 0 Å². The SMILES string of the molecule is Cc1ccn(-c2cc(NC(=O)c3ccc(C)c(C#Cc4cn(C)c5ncnc(N)c45)c3)cc(C(F)(F)F)c2)c1. The number of nitrogens with zero attached hydrogens (tertiary/aromatic N) is 4. The fraction of sp³-hybridized carbons (Fsp3) is 0.138. The molecule has 0 unspecified atom stereocenters. The largest absolute Gasteiger partial charge is 0.416 e. The van der Waals surface area contributed by atoms with Gasteiger partial charge in [0.15, 0.2) is 0 Å². The number of rotatable bonds is 3. The van der Waals surface area contributed by atoms with E-state index in [4.69, 9.17) is 5.73 Å². The average molecular weight is 529 g/mol. The van der Waals surface area contributed by atoms with Crippen molar-refractivity contribution < 1.29 is 18.0 Å². The van der Waals surface area contributed by atoms with Crippen molar-refractivity contribution in [2.45, 2.75) is 20.0 Å². The number of aryl methyl sites for hydroxylation is 3. The van der Waals surface area contributed by atoms with Crippen LogP contribution in [-0.2, 0) is 13.2 Å². The fourth-order valence-electron chi connectivity index (χ4n) is 4.23. The Bertz CT molecular complexity index is 1800. The molecule has 0 saturated heterocycles. The Morgan fingerprint density at radius 2 is 1.77 bits per heavy atom. The lowest BCUT2D eigenvalue weighted by molar-refractivity contribution is -0.137. The van der Waals surface area contributed by atoms with Crippen LogP contribution in [0.2, 0.25) is 0 Å². The number of carbonyl (C=O) groups excluding carboxylic acids is 1. The predicted octanol–water partition coefficient (Wildman–Crippen LogP) is 5.63. The summed E-state index contributed by atoms with van der Waals surface area (Å²) in [4.78, 5) is 21.4. The monoisotopic (exact) mass is 528 g/mol. The second-order valence-electron chi connectivity index (χ2n) is 9.21. The number of aromatic nitrogens is 4. The number of halogens is 3. The van der Waals surface area contributed by atoms with Gasteiger partial charge in [0.2, 0.25) is 0 Å². The van der Waals surface area contributed by atoms with Gasteiger partial charge >= 0.3 is 6.18 Å². The van der Waals surface area contributed by atoms with Gasteiger partial charge in [0.05, 0.1) is 16.5 Å². The molecule has 3 aromatic heterocycles. The Balaban J connectivity index is 1.47. The minimum absolute atomic E-state index is 0.0237. The van der Waals surface area contributed by atoms with Crippen molar-refractivity contribution in [3.63, 3.8) is 0 Å². The van der Waals surface area contributed by atoms with Crippen molar-refractivity contribution in [2.75, 3.05) is 11.1 Å². The number of hydrogen-bond donors (Lipinski definition) is 2. The van der Waals surface area contributed by atoms with Crippen LogP contribution in [0.3, 0.4) is 0 Å². The highest BCUT2D eigenvalue weighted by molar-refractivity contribution is 6.04. The summed E-state index contributed by atoms with van der Waals surface area (Å²) in [6.45, 7) is 3.69. The van der Waals surface area contributed by atoms with Gasteiger partial charge in [0, 0.05) is 48.1 Å². The highest BCUT2D eigenvalue weighted by atomic mass is 19.4. The van der Waals surface area contributed by atoms with Crippen LogP contribution >= 0.6 is 0 Å². The van der Waals surface area contributed by atoms with Crippen molar-refractivity contribution in [1.82, 2.24) is 19.1 Å². The molecule has 3 heterocycles. The minimum Gasteiger partial charge on any atom is -0.383 e. The first-order valence-electron chi connectivity index (χ1n) is 11.9. The van der Waals surface area contributed by atoms with Gasteiger partial charge in [0.25, 0.3) is 5.91 Å². The van der Waals surface area contributed by atoms with E-state index in [2.05, 4.69) is 27.1 Å². The van der Waals surface area contributed by atoms with Crippen LogP contribution in [0.25, 0.3) is 16.7 Å². The maximum Gasteiger partial charge on any atom is 0.416 e. The zero-order valence-electron chi connectivity index (χ0n) is 21.3. The first kappa shape index (κ1) is 25.6. The van der Waals surface area contributed by atoms with Gasteiger partial charge in [-0.2, -0.15) is 13.2 Å². The molecule has 1 amide bonds. The van der Waals surface area contributed by atoms with Crippen LogP contribution in [0.1, 0.15) is 38.2 Å². The van der Waals surface area contributed by atoms with E-state index in [1.807, 2.05) is 20.9 Å². The van der Waals surface area contributed by atoms with Crippen molar-refractivity contribution in [3.8, 4) is 17.5 Å². The smallest absolute Gasteiger partial charge is 0.383 e. The van der Waals surface area contributed by atoms with E-state index in [-0.39, 0.29) is 16.9 Å². The van der Waals surface area contributed by atoms with Crippen molar-refractivity contribution in [2.24, 2.45) is 7.05 Å². The van der Waals surface area contributed by atoms with E-state index in [9.17, 15) is 18.0 Å². The van der Waals surface area contributed by atoms with Gasteiger partial charge < -0.3 is 20.2 Å². The molecule has 3 N–H and O–H groups in total. The number of carbonyl (C=O) groups is 1. The summed E-state index contributed by atoms with van der Waals surface area (Å²) in [5.41, 5.74) is 9.31. The summed E-state index contributed by atoms with van der Waals surface area (Å²) in [7, 11) is 1.83. The number of alkyl halides is 3. The second kappa shape index (κ2) is 9.68. The first-order valence-corrected chi connectivity index (χ1v) is 11.9. The van der Waals surface area contributed by atoms with E-state index in [0.717, 1.165) is 23.3 Å². The lowest BCUT2D eigenvalue weighted by Crippen LogP contribution is -2.14. The van der Waals surface area contributed by atoms with Crippen LogP contribution in [0.4, 0.5) is 24.7 Å². The average Bonchev–Trinajstić information content (AvgIpc) is 3.46. The molecule has 0 spiro atoms. The van der Waals surface area contributed by atoms with E-state index in [1.165, 1.54) is 12.4 Å². The Kier molecular flexibility index (Phi) is 6.36. The zero-order valence-corrected chi connectivity index (χ0v) is 21.3. The molecular formula is C29H23F3N6O.